The minimum absolute atomic E-state index is 0.0127. The second-order valence-electron chi connectivity index (χ2n) is 12.7. The second kappa shape index (κ2) is 10.4. The fourth-order valence-electron chi connectivity index (χ4n) is 4.59. The van der Waals surface area contributed by atoms with Crippen LogP contribution in [0, 0.1) is 8.99 Å². The number of aliphatic hydroxyl groups is 1. The number of aromatic nitrogens is 1. The molecule has 2 aromatic rings. The van der Waals surface area contributed by atoms with Crippen LogP contribution in [-0.4, -0.2) is 24.8 Å². The van der Waals surface area contributed by atoms with E-state index in [4.69, 9.17) is 9.41 Å². The maximum absolute atomic E-state index is 12.6. The zero-order chi connectivity index (χ0) is 28.1. The highest BCUT2D eigenvalue weighted by molar-refractivity contribution is 14.1. The zero-order valence-corrected chi connectivity index (χ0v) is 26.3. The van der Waals surface area contributed by atoms with Gasteiger partial charge in [-0.1, -0.05) is 60.6 Å². The maximum atomic E-state index is 12.6. The fourth-order valence-corrected chi connectivity index (χ4v) is 7.09. The Morgan fingerprint density at radius 3 is 2.16 bits per heavy atom. The number of nitrogens with zero attached hydrogens (tertiary/aromatic N) is 1. The highest BCUT2D eigenvalue weighted by Crippen LogP contribution is 2.50. The molecule has 1 unspecified atom stereocenters. The Labute approximate surface area is 233 Å². The van der Waals surface area contributed by atoms with Crippen LogP contribution in [0.2, 0.25) is 18.1 Å². The van der Waals surface area contributed by atoms with E-state index < -0.39 is 20.8 Å². The standard InChI is InChI=1S/C28H39F3INO3Si/c1-16(2)24-22(25(34)17-10-12-18(13-11-17)35-28(29,30)31)23(32)21-19(33-24)14-27(6,7)15-20(21)36-37(8,9)26(3,4)5/h10-13,16,20,25,34H,14-15H2,1-9H3/t20?,25-/m0/s1. The van der Waals surface area contributed by atoms with Gasteiger partial charge in [-0.2, -0.15) is 0 Å². The molecule has 37 heavy (non-hydrogen) atoms. The summed E-state index contributed by atoms with van der Waals surface area (Å²) >= 11 is 2.31. The van der Waals surface area contributed by atoms with Crippen LogP contribution in [0.15, 0.2) is 24.3 Å². The van der Waals surface area contributed by atoms with Gasteiger partial charge in [-0.05, 0) is 82.6 Å². The molecule has 1 aliphatic carbocycles. The molecule has 9 heteroatoms. The van der Waals surface area contributed by atoms with Gasteiger partial charge in [0, 0.05) is 20.4 Å². The Morgan fingerprint density at radius 2 is 1.68 bits per heavy atom. The molecule has 2 atom stereocenters. The van der Waals surface area contributed by atoms with Crippen LogP contribution in [0.5, 0.6) is 5.75 Å². The van der Waals surface area contributed by atoms with Crippen molar-refractivity contribution >= 4 is 30.9 Å². The molecule has 206 valence electrons. The van der Waals surface area contributed by atoms with E-state index in [2.05, 4.69) is 75.0 Å². The number of hydrogen-bond acceptors (Lipinski definition) is 4. The van der Waals surface area contributed by atoms with E-state index in [1.165, 1.54) is 24.3 Å². The van der Waals surface area contributed by atoms with Gasteiger partial charge in [0.25, 0.3) is 0 Å². The lowest BCUT2D eigenvalue weighted by molar-refractivity contribution is -0.274. The van der Waals surface area contributed by atoms with E-state index in [-0.39, 0.29) is 28.2 Å². The van der Waals surface area contributed by atoms with Crippen molar-refractivity contribution in [3.8, 4) is 5.75 Å². The van der Waals surface area contributed by atoms with Gasteiger partial charge >= 0.3 is 6.36 Å². The van der Waals surface area contributed by atoms with Crippen molar-refractivity contribution in [2.75, 3.05) is 0 Å². The van der Waals surface area contributed by atoms with Crippen LogP contribution in [0.3, 0.4) is 0 Å². The van der Waals surface area contributed by atoms with E-state index >= 15 is 0 Å². The van der Waals surface area contributed by atoms with Gasteiger partial charge in [0.1, 0.15) is 11.9 Å². The van der Waals surface area contributed by atoms with Crippen LogP contribution in [0.1, 0.15) is 101 Å². The molecule has 3 rings (SSSR count). The minimum Gasteiger partial charge on any atom is -0.410 e. The van der Waals surface area contributed by atoms with E-state index in [0.29, 0.717) is 11.1 Å². The summed E-state index contributed by atoms with van der Waals surface area (Å²) in [6.07, 6.45) is -4.30. The van der Waals surface area contributed by atoms with E-state index in [1.54, 1.807) is 0 Å². The monoisotopic (exact) mass is 649 g/mol. The number of alkyl halides is 3. The highest BCUT2D eigenvalue weighted by atomic mass is 127. The summed E-state index contributed by atoms with van der Waals surface area (Å²) in [6.45, 7) is 19.7. The van der Waals surface area contributed by atoms with Crippen molar-refractivity contribution in [3.63, 3.8) is 0 Å². The summed E-state index contributed by atoms with van der Waals surface area (Å²) in [5, 5.41) is 11.6. The van der Waals surface area contributed by atoms with Gasteiger partial charge in [-0.15, -0.1) is 13.2 Å². The van der Waals surface area contributed by atoms with Gasteiger partial charge in [0.2, 0.25) is 0 Å². The topological polar surface area (TPSA) is 51.6 Å². The molecule has 0 fully saturated rings. The Morgan fingerprint density at radius 1 is 1.11 bits per heavy atom. The molecule has 0 saturated heterocycles. The van der Waals surface area contributed by atoms with Crippen LogP contribution in [0.4, 0.5) is 13.2 Å². The normalized spacial score (nSPS) is 19.1. The molecule has 1 heterocycles. The van der Waals surface area contributed by atoms with Gasteiger partial charge in [-0.3, -0.25) is 4.98 Å². The van der Waals surface area contributed by atoms with Crippen LogP contribution in [0.25, 0.3) is 0 Å². The lowest BCUT2D eigenvalue weighted by atomic mass is 9.74. The third-order valence-corrected chi connectivity index (χ3v) is 13.2. The largest absolute Gasteiger partial charge is 0.573 e. The molecule has 1 aromatic heterocycles. The molecule has 0 aliphatic heterocycles. The van der Waals surface area contributed by atoms with E-state index in [1.807, 2.05) is 13.8 Å². The van der Waals surface area contributed by atoms with Crippen molar-refractivity contribution < 1.29 is 27.4 Å². The number of fused-ring (bicyclic) bond motifs is 1. The van der Waals surface area contributed by atoms with Crippen LogP contribution in [-0.2, 0) is 10.8 Å². The van der Waals surface area contributed by atoms with Gasteiger partial charge in [-0.25, -0.2) is 0 Å². The predicted octanol–water partition coefficient (Wildman–Crippen LogP) is 8.83. The van der Waals surface area contributed by atoms with Gasteiger partial charge in [0.15, 0.2) is 8.32 Å². The van der Waals surface area contributed by atoms with Crippen LogP contribution < -0.4 is 4.74 Å². The van der Waals surface area contributed by atoms with Crippen molar-refractivity contribution in [1.82, 2.24) is 4.98 Å². The first-order chi connectivity index (χ1) is 16.7. The first-order valence-electron chi connectivity index (χ1n) is 12.7. The molecule has 4 nitrogen and oxygen atoms in total. The number of hydrogen-bond donors (Lipinski definition) is 1. The summed E-state index contributed by atoms with van der Waals surface area (Å²) < 4.78 is 49.7. The van der Waals surface area contributed by atoms with Gasteiger partial charge < -0.3 is 14.3 Å². The summed E-state index contributed by atoms with van der Waals surface area (Å²) in [5.41, 5.74) is 4.04. The number of aliphatic hydroxyl groups excluding tert-OH is 1. The lowest BCUT2D eigenvalue weighted by Crippen LogP contribution is -2.44. The Hall–Kier alpha value is -1.17. The first-order valence-corrected chi connectivity index (χ1v) is 16.6. The lowest BCUT2D eigenvalue weighted by Gasteiger charge is -2.44. The number of rotatable bonds is 6. The molecule has 0 saturated carbocycles. The molecule has 0 amide bonds. The second-order valence-corrected chi connectivity index (χ2v) is 18.5. The minimum atomic E-state index is -4.77. The summed E-state index contributed by atoms with van der Waals surface area (Å²) in [4.78, 5) is 5.12. The average molecular weight is 650 g/mol. The Kier molecular flexibility index (Phi) is 8.56. The number of ether oxygens (including phenoxy) is 1. The number of benzene rings is 1. The summed E-state index contributed by atoms with van der Waals surface area (Å²) in [5.74, 6) is -0.281. The molecule has 0 radical (unpaired) electrons. The zero-order valence-electron chi connectivity index (χ0n) is 23.2. The molecule has 0 bridgehead atoms. The van der Waals surface area contributed by atoms with Crippen molar-refractivity contribution in [2.24, 2.45) is 5.41 Å². The Bertz CT molecular complexity index is 1130. The average Bonchev–Trinajstić information content (AvgIpc) is 2.70. The van der Waals surface area contributed by atoms with E-state index in [9.17, 15) is 18.3 Å². The molecular formula is C28H39F3INO3Si. The molecule has 0 spiro atoms. The quantitative estimate of drug-likeness (QED) is 0.251. The fraction of sp³-hybridized carbons (Fsp3) is 0.607. The number of halogens is 4. The summed E-state index contributed by atoms with van der Waals surface area (Å²) in [7, 11) is -2.12. The highest BCUT2D eigenvalue weighted by Gasteiger charge is 2.44. The van der Waals surface area contributed by atoms with Crippen molar-refractivity contribution in [2.45, 2.75) is 104 Å². The molecule has 1 N–H and O–H groups in total. The predicted molar refractivity (Wildman–Crippen MR) is 151 cm³/mol. The van der Waals surface area contributed by atoms with Crippen LogP contribution >= 0.6 is 22.6 Å². The van der Waals surface area contributed by atoms with Gasteiger partial charge in [0.05, 0.1) is 11.8 Å². The summed E-state index contributed by atoms with van der Waals surface area (Å²) in [6, 6.07) is 5.40. The molecule has 1 aromatic carbocycles. The molecule has 1 aliphatic rings. The van der Waals surface area contributed by atoms with Crippen molar-refractivity contribution in [1.29, 1.82) is 0 Å². The number of pyridine rings is 1. The van der Waals surface area contributed by atoms with Crippen molar-refractivity contribution in [3.05, 3.63) is 55.9 Å². The maximum Gasteiger partial charge on any atom is 0.573 e. The Balaban J connectivity index is 2.13. The third-order valence-electron chi connectivity index (χ3n) is 7.51. The first kappa shape index (κ1) is 30.4. The third kappa shape index (κ3) is 6.89. The van der Waals surface area contributed by atoms with E-state index in [0.717, 1.165) is 33.4 Å². The SMILES string of the molecule is CC(C)c1nc2c(c(I)c1[C@@H](O)c1ccc(OC(F)(F)F)cc1)C(O[Si](C)(C)C(C)(C)C)CC(C)(C)C2. The molecular weight excluding hydrogens is 610 g/mol. The smallest absolute Gasteiger partial charge is 0.410 e.